The van der Waals surface area contributed by atoms with Crippen LogP contribution in [0, 0.1) is 0 Å². The van der Waals surface area contributed by atoms with Gasteiger partial charge in [0.25, 0.3) is 0 Å². The predicted molar refractivity (Wildman–Crippen MR) is 80.8 cm³/mol. The van der Waals surface area contributed by atoms with E-state index in [9.17, 15) is 5.11 Å². The van der Waals surface area contributed by atoms with Gasteiger partial charge in [-0.3, -0.25) is 4.68 Å². The van der Waals surface area contributed by atoms with Gasteiger partial charge in [-0.05, 0) is 41.9 Å². The lowest BCUT2D eigenvalue weighted by Crippen LogP contribution is -2.13. The molecule has 1 atom stereocenters. The largest absolute Gasteiger partial charge is 0.382 e. The molecule has 1 heterocycles. The van der Waals surface area contributed by atoms with Crippen LogP contribution in [0.3, 0.4) is 0 Å². The van der Waals surface area contributed by atoms with Crippen molar-refractivity contribution < 1.29 is 5.11 Å². The van der Waals surface area contributed by atoms with Gasteiger partial charge >= 0.3 is 0 Å². The van der Waals surface area contributed by atoms with E-state index in [1.54, 1.807) is 29.1 Å². The first-order chi connectivity index (χ1) is 8.91. The number of hydrogen-bond acceptors (Lipinski definition) is 2. The quantitative estimate of drug-likeness (QED) is 0.864. The molecule has 19 heavy (non-hydrogen) atoms. The van der Waals surface area contributed by atoms with Crippen LogP contribution in [0.5, 0.6) is 0 Å². The molecule has 2 rings (SSSR count). The lowest BCUT2D eigenvalue weighted by molar-refractivity contribution is 0.204. The molecule has 102 valence electrons. The maximum Gasteiger partial charge on any atom is 0.123 e. The standard InChI is InChI=1S/C13H13BrCl2N2O/c1-7(2)18-12(10(14)6-17-18)13(19)9-4-3-8(15)5-11(9)16/h3-7,13,19H,1-2H3. The first kappa shape index (κ1) is 14.9. The summed E-state index contributed by atoms with van der Waals surface area (Å²) in [5.74, 6) is 0. The van der Waals surface area contributed by atoms with Gasteiger partial charge in [-0.2, -0.15) is 5.10 Å². The molecule has 0 aliphatic carbocycles. The van der Waals surface area contributed by atoms with E-state index in [1.807, 2.05) is 13.8 Å². The Bertz CT molecular complexity index is 598. The van der Waals surface area contributed by atoms with Crippen LogP contribution in [0.2, 0.25) is 10.0 Å². The molecule has 0 aliphatic rings. The Hall–Kier alpha value is -0.550. The third kappa shape index (κ3) is 2.97. The van der Waals surface area contributed by atoms with Crippen LogP contribution in [0.4, 0.5) is 0 Å². The Morgan fingerprint density at radius 3 is 2.58 bits per heavy atom. The molecule has 1 unspecified atom stereocenters. The van der Waals surface area contributed by atoms with E-state index >= 15 is 0 Å². The van der Waals surface area contributed by atoms with Gasteiger partial charge < -0.3 is 5.11 Å². The van der Waals surface area contributed by atoms with Gasteiger partial charge in [-0.1, -0.05) is 29.3 Å². The molecular weight excluding hydrogens is 351 g/mol. The van der Waals surface area contributed by atoms with Crippen LogP contribution >= 0.6 is 39.1 Å². The van der Waals surface area contributed by atoms with Crippen LogP contribution in [0.15, 0.2) is 28.9 Å². The van der Waals surface area contributed by atoms with E-state index in [0.29, 0.717) is 21.3 Å². The van der Waals surface area contributed by atoms with Crippen molar-refractivity contribution in [1.29, 1.82) is 0 Å². The first-order valence-electron chi connectivity index (χ1n) is 5.77. The van der Waals surface area contributed by atoms with Crippen LogP contribution in [0.25, 0.3) is 0 Å². The summed E-state index contributed by atoms with van der Waals surface area (Å²) in [6.45, 7) is 4.00. The van der Waals surface area contributed by atoms with Gasteiger partial charge in [-0.25, -0.2) is 0 Å². The normalized spacial score (nSPS) is 13.0. The van der Waals surface area contributed by atoms with Gasteiger partial charge in [0.15, 0.2) is 0 Å². The van der Waals surface area contributed by atoms with Crippen molar-refractivity contribution in [3.8, 4) is 0 Å². The van der Waals surface area contributed by atoms with Crippen molar-refractivity contribution in [3.63, 3.8) is 0 Å². The van der Waals surface area contributed by atoms with E-state index in [-0.39, 0.29) is 6.04 Å². The summed E-state index contributed by atoms with van der Waals surface area (Å²) in [7, 11) is 0. The molecule has 0 bridgehead atoms. The summed E-state index contributed by atoms with van der Waals surface area (Å²) in [5, 5.41) is 15.8. The average Bonchev–Trinajstić information content (AvgIpc) is 2.70. The van der Waals surface area contributed by atoms with E-state index in [4.69, 9.17) is 23.2 Å². The second-order valence-electron chi connectivity index (χ2n) is 4.48. The summed E-state index contributed by atoms with van der Waals surface area (Å²) in [4.78, 5) is 0. The van der Waals surface area contributed by atoms with Crippen molar-refractivity contribution in [2.75, 3.05) is 0 Å². The van der Waals surface area contributed by atoms with Crippen molar-refractivity contribution in [2.24, 2.45) is 0 Å². The Kier molecular flexibility index (Phi) is 4.56. The van der Waals surface area contributed by atoms with Crippen LogP contribution < -0.4 is 0 Å². The zero-order chi connectivity index (χ0) is 14.2. The number of rotatable bonds is 3. The fraction of sp³-hybridized carbons (Fsp3) is 0.308. The molecule has 1 N–H and O–H groups in total. The van der Waals surface area contributed by atoms with Crippen molar-refractivity contribution in [1.82, 2.24) is 9.78 Å². The Labute approximate surface area is 130 Å². The Balaban J connectivity index is 2.49. The molecule has 0 amide bonds. The second-order valence-corrected chi connectivity index (χ2v) is 6.18. The van der Waals surface area contributed by atoms with E-state index in [2.05, 4.69) is 21.0 Å². The Morgan fingerprint density at radius 1 is 1.32 bits per heavy atom. The smallest absolute Gasteiger partial charge is 0.123 e. The van der Waals surface area contributed by atoms with Crippen LogP contribution in [-0.4, -0.2) is 14.9 Å². The minimum Gasteiger partial charge on any atom is -0.382 e. The highest BCUT2D eigenvalue weighted by Crippen LogP contribution is 2.34. The SMILES string of the molecule is CC(C)n1ncc(Br)c1C(O)c1ccc(Cl)cc1Cl. The molecule has 0 saturated carbocycles. The number of hydrogen-bond donors (Lipinski definition) is 1. The van der Waals surface area contributed by atoms with Crippen LogP contribution in [0.1, 0.15) is 37.3 Å². The lowest BCUT2D eigenvalue weighted by atomic mass is 10.1. The topological polar surface area (TPSA) is 38.0 Å². The molecule has 0 saturated heterocycles. The summed E-state index contributed by atoms with van der Waals surface area (Å²) in [6, 6.07) is 5.18. The highest BCUT2D eigenvalue weighted by molar-refractivity contribution is 9.10. The number of halogens is 3. The third-order valence-electron chi connectivity index (χ3n) is 2.79. The predicted octanol–water partition coefficient (Wildman–Crippen LogP) is 4.62. The summed E-state index contributed by atoms with van der Waals surface area (Å²) < 4.78 is 2.51. The van der Waals surface area contributed by atoms with Crippen molar-refractivity contribution in [3.05, 3.63) is 50.2 Å². The van der Waals surface area contributed by atoms with Crippen molar-refractivity contribution >= 4 is 39.1 Å². The monoisotopic (exact) mass is 362 g/mol. The van der Waals surface area contributed by atoms with Gasteiger partial charge in [-0.15, -0.1) is 0 Å². The van der Waals surface area contributed by atoms with E-state index < -0.39 is 6.10 Å². The zero-order valence-electron chi connectivity index (χ0n) is 10.4. The maximum absolute atomic E-state index is 10.5. The second kappa shape index (κ2) is 5.83. The fourth-order valence-corrected chi connectivity index (χ4v) is 2.89. The molecule has 6 heteroatoms. The zero-order valence-corrected chi connectivity index (χ0v) is 13.5. The maximum atomic E-state index is 10.5. The number of nitrogens with zero attached hydrogens (tertiary/aromatic N) is 2. The van der Waals surface area contributed by atoms with Crippen molar-refractivity contribution in [2.45, 2.75) is 26.0 Å². The summed E-state index contributed by atoms with van der Waals surface area (Å²) in [6.07, 6.45) is 0.812. The van der Waals surface area contributed by atoms with E-state index in [0.717, 1.165) is 4.47 Å². The summed E-state index contributed by atoms with van der Waals surface area (Å²) in [5.41, 5.74) is 1.29. The number of aliphatic hydroxyl groups is 1. The lowest BCUT2D eigenvalue weighted by Gasteiger charge is -2.18. The molecule has 1 aromatic heterocycles. The molecule has 1 aromatic carbocycles. The average molecular weight is 364 g/mol. The Morgan fingerprint density at radius 2 is 2.00 bits per heavy atom. The van der Waals surface area contributed by atoms with Crippen LogP contribution in [-0.2, 0) is 0 Å². The highest BCUT2D eigenvalue weighted by Gasteiger charge is 2.22. The van der Waals surface area contributed by atoms with Gasteiger partial charge in [0, 0.05) is 21.7 Å². The molecule has 0 spiro atoms. The molecule has 0 fully saturated rings. The molecule has 3 nitrogen and oxygen atoms in total. The molecule has 0 radical (unpaired) electrons. The minimum atomic E-state index is -0.857. The van der Waals surface area contributed by atoms with Gasteiger partial charge in [0.2, 0.25) is 0 Å². The third-order valence-corrected chi connectivity index (χ3v) is 3.97. The van der Waals surface area contributed by atoms with Gasteiger partial charge in [0.05, 0.1) is 16.4 Å². The number of aromatic nitrogens is 2. The minimum absolute atomic E-state index is 0.141. The molecule has 2 aromatic rings. The fourth-order valence-electron chi connectivity index (χ4n) is 1.89. The summed E-state index contributed by atoms with van der Waals surface area (Å²) >= 11 is 15.4. The van der Waals surface area contributed by atoms with Gasteiger partial charge in [0.1, 0.15) is 6.10 Å². The van der Waals surface area contributed by atoms with E-state index in [1.165, 1.54) is 0 Å². The number of benzene rings is 1. The molecular formula is C13H13BrCl2N2O. The highest BCUT2D eigenvalue weighted by atomic mass is 79.9. The number of aliphatic hydroxyl groups excluding tert-OH is 1. The molecule has 0 aliphatic heterocycles. The first-order valence-corrected chi connectivity index (χ1v) is 7.32.